The van der Waals surface area contributed by atoms with E-state index in [1.54, 1.807) is 6.07 Å². The summed E-state index contributed by atoms with van der Waals surface area (Å²) in [5, 5.41) is 10.1. The lowest BCUT2D eigenvalue weighted by Crippen LogP contribution is -2.08. The summed E-state index contributed by atoms with van der Waals surface area (Å²) in [4.78, 5) is 12.5. The Morgan fingerprint density at radius 1 is 1.14 bits per heavy atom. The second-order valence-corrected chi connectivity index (χ2v) is 4.82. The predicted molar refractivity (Wildman–Crippen MR) is 80.9 cm³/mol. The average molecular weight is 282 g/mol. The van der Waals surface area contributed by atoms with Gasteiger partial charge in [-0.1, -0.05) is 30.3 Å². The molecule has 0 amide bonds. The third-order valence-corrected chi connectivity index (χ3v) is 3.32. The molecule has 0 saturated carbocycles. The van der Waals surface area contributed by atoms with E-state index in [0.29, 0.717) is 11.3 Å². The number of hydrogen-bond acceptors (Lipinski definition) is 4. The van der Waals surface area contributed by atoms with Crippen LogP contribution in [-0.2, 0) is 0 Å². The van der Waals surface area contributed by atoms with Crippen LogP contribution in [0.4, 0.5) is 0 Å². The van der Waals surface area contributed by atoms with Crippen LogP contribution >= 0.6 is 0 Å². The largest absolute Gasteiger partial charge is 0.507 e. The van der Waals surface area contributed by atoms with Crippen LogP contribution in [-0.4, -0.2) is 12.2 Å². The average Bonchev–Trinajstić information content (AvgIpc) is 2.47. The number of phenolic OH excluding ortho intramolecular Hbond substituents is 1. The zero-order valence-corrected chi connectivity index (χ0v) is 11.7. The van der Waals surface area contributed by atoms with Gasteiger partial charge < -0.3 is 14.3 Å². The van der Waals surface area contributed by atoms with Crippen molar-refractivity contribution in [3.05, 3.63) is 58.3 Å². The summed E-state index contributed by atoms with van der Waals surface area (Å²) < 4.78 is 11.0. The van der Waals surface area contributed by atoms with Crippen molar-refractivity contribution in [2.75, 3.05) is 7.11 Å². The highest BCUT2D eigenvalue weighted by Crippen LogP contribution is 2.33. The van der Waals surface area contributed by atoms with E-state index in [1.165, 1.54) is 13.2 Å². The maximum atomic E-state index is 12.5. The van der Waals surface area contributed by atoms with E-state index in [1.807, 2.05) is 37.3 Å². The monoisotopic (exact) mass is 282 g/mol. The molecule has 0 unspecified atom stereocenters. The summed E-state index contributed by atoms with van der Waals surface area (Å²) in [7, 11) is 1.41. The van der Waals surface area contributed by atoms with Gasteiger partial charge in [0.1, 0.15) is 16.7 Å². The number of methoxy groups -OCH3 is 1. The van der Waals surface area contributed by atoms with Crippen LogP contribution in [0.15, 0.2) is 51.7 Å². The van der Waals surface area contributed by atoms with Crippen LogP contribution in [0.3, 0.4) is 0 Å². The van der Waals surface area contributed by atoms with E-state index >= 15 is 0 Å². The molecule has 0 saturated heterocycles. The smallest absolute Gasteiger partial charge is 0.238 e. The Bertz CT molecular complexity index is 863. The Kier molecular flexibility index (Phi) is 3.14. The number of aromatic hydroxyl groups is 1. The van der Waals surface area contributed by atoms with Gasteiger partial charge in [0, 0.05) is 5.56 Å². The maximum Gasteiger partial charge on any atom is 0.238 e. The highest BCUT2D eigenvalue weighted by atomic mass is 16.5. The van der Waals surface area contributed by atoms with Gasteiger partial charge in [-0.15, -0.1) is 0 Å². The number of hydrogen-bond donors (Lipinski definition) is 1. The standard InChI is InChI=1S/C17H14O4/c1-10-8-12(18)14-13(9-10)21-16(17(20-2)15(14)19)11-6-4-3-5-7-11/h3-9,18H,1-2H3. The highest BCUT2D eigenvalue weighted by molar-refractivity contribution is 5.87. The van der Waals surface area contributed by atoms with Crippen LogP contribution in [0.25, 0.3) is 22.3 Å². The van der Waals surface area contributed by atoms with Crippen LogP contribution in [0, 0.1) is 6.92 Å². The van der Waals surface area contributed by atoms with Crippen molar-refractivity contribution in [2.45, 2.75) is 6.92 Å². The van der Waals surface area contributed by atoms with E-state index < -0.39 is 0 Å². The molecular weight excluding hydrogens is 268 g/mol. The Morgan fingerprint density at radius 2 is 1.86 bits per heavy atom. The fourth-order valence-corrected chi connectivity index (χ4v) is 2.38. The van der Waals surface area contributed by atoms with Crippen molar-refractivity contribution in [1.82, 2.24) is 0 Å². The molecule has 106 valence electrons. The molecule has 3 aromatic rings. The summed E-state index contributed by atoms with van der Waals surface area (Å²) in [6.45, 7) is 1.82. The molecule has 0 aliphatic heterocycles. The molecule has 2 aromatic carbocycles. The summed E-state index contributed by atoms with van der Waals surface area (Å²) in [5.41, 5.74) is 1.52. The molecule has 1 aromatic heterocycles. The first-order chi connectivity index (χ1) is 10.1. The number of ether oxygens (including phenoxy) is 1. The van der Waals surface area contributed by atoms with E-state index in [-0.39, 0.29) is 22.3 Å². The first kappa shape index (κ1) is 13.2. The van der Waals surface area contributed by atoms with Crippen molar-refractivity contribution in [2.24, 2.45) is 0 Å². The zero-order chi connectivity index (χ0) is 15.0. The quantitative estimate of drug-likeness (QED) is 0.781. The molecule has 0 fully saturated rings. The van der Waals surface area contributed by atoms with Gasteiger partial charge >= 0.3 is 0 Å². The van der Waals surface area contributed by atoms with E-state index in [0.717, 1.165) is 11.1 Å². The van der Waals surface area contributed by atoms with Gasteiger partial charge in [0.15, 0.2) is 5.76 Å². The molecule has 4 nitrogen and oxygen atoms in total. The van der Waals surface area contributed by atoms with Crippen LogP contribution in [0.5, 0.6) is 11.5 Å². The Balaban J connectivity index is 2.44. The van der Waals surface area contributed by atoms with Gasteiger partial charge in [-0.05, 0) is 24.6 Å². The van der Waals surface area contributed by atoms with E-state index in [4.69, 9.17) is 9.15 Å². The fraction of sp³-hybridized carbons (Fsp3) is 0.118. The third-order valence-electron chi connectivity index (χ3n) is 3.32. The fourth-order valence-electron chi connectivity index (χ4n) is 2.38. The minimum absolute atomic E-state index is 0.0906. The molecule has 4 heteroatoms. The first-order valence-corrected chi connectivity index (χ1v) is 6.51. The summed E-state index contributed by atoms with van der Waals surface area (Å²) >= 11 is 0. The lowest BCUT2D eigenvalue weighted by atomic mass is 10.1. The van der Waals surface area contributed by atoms with Crippen molar-refractivity contribution < 1.29 is 14.3 Å². The van der Waals surface area contributed by atoms with E-state index in [9.17, 15) is 9.90 Å². The van der Waals surface area contributed by atoms with Crippen molar-refractivity contribution >= 4 is 11.0 Å². The highest BCUT2D eigenvalue weighted by Gasteiger charge is 2.19. The summed E-state index contributed by atoms with van der Waals surface area (Å²) in [6.07, 6.45) is 0. The maximum absolute atomic E-state index is 12.5. The van der Waals surface area contributed by atoms with Crippen LogP contribution in [0.2, 0.25) is 0 Å². The molecule has 0 atom stereocenters. The van der Waals surface area contributed by atoms with Gasteiger partial charge in [-0.25, -0.2) is 0 Å². The van der Waals surface area contributed by atoms with Crippen LogP contribution in [0.1, 0.15) is 5.56 Å². The summed E-state index contributed by atoms with van der Waals surface area (Å²) in [5.74, 6) is 0.352. The number of rotatable bonds is 2. The van der Waals surface area contributed by atoms with Crippen molar-refractivity contribution in [3.8, 4) is 22.8 Å². The van der Waals surface area contributed by atoms with Crippen molar-refractivity contribution in [3.63, 3.8) is 0 Å². The minimum atomic E-state index is -0.380. The molecular formula is C17H14O4. The molecule has 0 aliphatic carbocycles. The first-order valence-electron chi connectivity index (χ1n) is 6.51. The van der Waals surface area contributed by atoms with Gasteiger partial charge in [-0.3, -0.25) is 4.79 Å². The number of fused-ring (bicyclic) bond motifs is 1. The Morgan fingerprint density at radius 3 is 2.52 bits per heavy atom. The molecule has 1 heterocycles. The predicted octanol–water partition coefficient (Wildman–Crippen LogP) is 3.48. The molecule has 21 heavy (non-hydrogen) atoms. The van der Waals surface area contributed by atoms with E-state index in [2.05, 4.69) is 0 Å². The topological polar surface area (TPSA) is 59.7 Å². The molecule has 0 aliphatic rings. The van der Waals surface area contributed by atoms with Gasteiger partial charge in [-0.2, -0.15) is 0 Å². The van der Waals surface area contributed by atoms with Gasteiger partial charge in [0.25, 0.3) is 0 Å². The second-order valence-electron chi connectivity index (χ2n) is 4.82. The molecule has 1 N–H and O–H groups in total. The molecule has 3 rings (SSSR count). The van der Waals surface area contributed by atoms with Crippen molar-refractivity contribution in [1.29, 1.82) is 0 Å². The Hall–Kier alpha value is -2.75. The van der Waals surface area contributed by atoms with Gasteiger partial charge in [0.05, 0.1) is 7.11 Å². The normalized spacial score (nSPS) is 10.8. The third kappa shape index (κ3) is 2.14. The zero-order valence-electron chi connectivity index (χ0n) is 11.7. The number of aryl methyl sites for hydroxylation is 1. The molecule has 0 bridgehead atoms. The summed E-state index contributed by atoms with van der Waals surface area (Å²) in [6, 6.07) is 12.5. The Labute approximate surface area is 121 Å². The number of phenols is 1. The number of benzene rings is 2. The minimum Gasteiger partial charge on any atom is -0.507 e. The lowest BCUT2D eigenvalue weighted by molar-refractivity contribution is 0.398. The van der Waals surface area contributed by atoms with Gasteiger partial charge in [0.2, 0.25) is 11.2 Å². The van der Waals surface area contributed by atoms with Crippen LogP contribution < -0.4 is 10.2 Å². The SMILES string of the molecule is COc1c(-c2ccccc2)oc2cc(C)cc(O)c2c1=O. The second kappa shape index (κ2) is 4.98. The molecule has 0 radical (unpaired) electrons. The molecule has 0 spiro atoms. The lowest BCUT2D eigenvalue weighted by Gasteiger charge is -2.10.